The summed E-state index contributed by atoms with van der Waals surface area (Å²) in [6, 6.07) is 12.0. The first-order valence-corrected chi connectivity index (χ1v) is 10.9. The molecule has 7 nitrogen and oxygen atoms in total. The van der Waals surface area contributed by atoms with Crippen molar-refractivity contribution in [1.29, 1.82) is 0 Å². The molecular formula is C25H27NO6. The van der Waals surface area contributed by atoms with Crippen LogP contribution in [0.4, 0.5) is 0 Å². The van der Waals surface area contributed by atoms with Crippen molar-refractivity contribution in [2.24, 2.45) is 5.92 Å². The van der Waals surface area contributed by atoms with Gasteiger partial charge in [0.2, 0.25) is 11.2 Å². The summed E-state index contributed by atoms with van der Waals surface area (Å²) in [5.41, 5.74) is 0.0551. The van der Waals surface area contributed by atoms with Gasteiger partial charge in [-0.1, -0.05) is 19.1 Å². The number of carbonyl (C=O) groups is 1. The Bertz CT molecular complexity index is 1150. The molecule has 32 heavy (non-hydrogen) atoms. The maximum atomic E-state index is 12.9. The van der Waals surface area contributed by atoms with Gasteiger partial charge in [0.15, 0.2) is 18.1 Å². The topological polar surface area (TPSA) is 78.2 Å². The van der Waals surface area contributed by atoms with Crippen LogP contribution in [0.25, 0.3) is 11.0 Å². The summed E-state index contributed by atoms with van der Waals surface area (Å²) in [4.78, 5) is 27.2. The molecule has 1 aromatic heterocycles. The Balaban J connectivity index is 1.48. The number of carbonyl (C=O) groups excluding carboxylic acids is 1. The molecule has 1 aliphatic heterocycles. The van der Waals surface area contributed by atoms with Crippen LogP contribution in [0.1, 0.15) is 26.7 Å². The molecule has 2 aromatic carbocycles. The Hall–Kier alpha value is -3.48. The van der Waals surface area contributed by atoms with E-state index >= 15 is 0 Å². The summed E-state index contributed by atoms with van der Waals surface area (Å²) in [6.45, 7) is 6.01. The quantitative estimate of drug-likeness (QED) is 0.537. The minimum atomic E-state index is -0.303. The van der Waals surface area contributed by atoms with Gasteiger partial charge in [-0.05, 0) is 49.9 Å². The highest BCUT2D eigenvalue weighted by atomic mass is 16.5. The summed E-state index contributed by atoms with van der Waals surface area (Å²) < 4.78 is 22.6. The molecule has 0 unspecified atom stereocenters. The van der Waals surface area contributed by atoms with Gasteiger partial charge in [-0.15, -0.1) is 0 Å². The molecule has 0 aliphatic carbocycles. The lowest BCUT2D eigenvalue weighted by atomic mass is 10.0. The smallest absolute Gasteiger partial charge is 0.260 e. The van der Waals surface area contributed by atoms with Crippen LogP contribution >= 0.6 is 0 Å². The van der Waals surface area contributed by atoms with E-state index in [0.717, 1.165) is 25.9 Å². The monoisotopic (exact) mass is 437 g/mol. The minimum Gasteiger partial charge on any atom is -0.490 e. The van der Waals surface area contributed by atoms with E-state index in [2.05, 4.69) is 6.92 Å². The van der Waals surface area contributed by atoms with Crippen molar-refractivity contribution in [3.8, 4) is 23.0 Å². The number of hydrogen-bond donors (Lipinski definition) is 0. The third kappa shape index (κ3) is 4.88. The van der Waals surface area contributed by atoms with Crippen LogP contribution in [0.3, 0.4) is 0 Å². The van der Waals surface area contributed by atoms with Crippen molar-refractivity contribution in [2.75, 3.05) is 26.3 Å². The van der Waals surface area contributed by atoms with E-state index in [1.807, 2.05) is 17.9 Å². The summed E-state index contributed by atoms with van der Waals surface area (Å²) >= 11 is 0. The number of hydrogen-bond acceptors (Lipinski definition) is 6. The van der Waals surface area contributed by atoms with Crippen molar-refractivity contribution in [1.82, 2.24) is 4.90 Å². The Kier molecular flexibility index (Phi) is 6.63. The highest BCUT2D eigenvalue weighted by molar-refractivity contribution is 5.80. The zero-order chi connectivity index (χ0) is 22.5. The van der Waals surface area contributed by atoms with Crippen molar-refractivity contribution < 1.29 is 23.4 Å². The van der Waals surface area contributed by atoms with Crippen LogP contribution < -0.4 is 19.6 Å². The minimum absolute atomic E-state index is 0.0326. The SMILES string of the molecule is CCOc1ccccc1Oc1coc2cc(OCC(=O)N3CCC[C@@H](C)C3)ccc2c1=O. The van der Waals surface area contributed by atoms with E-state index in [1.165, 1.54) is 6.26 Å². The Morgan fingerprint density at radius 1 is 1.12 bits per heavy atom. The predicted octanol–water partition coefficient (Wildman–Crippen LogP) is 4.62. The van der Waals surface area contributed by atoms with Crippen LogP contribution in [0.15, 0.2) is 57.9 Å². The van der Waals surface area contributed by atoms with Gasteiger partial charge in [-0.25, -0.2) is 0 Å². The maximum Gasteiger partial charge on any atom is 0.260 e. The molecule has 0 radical (unpaired) electrons. The lowest BCUT2D eigenvalue weighted by Crippen LogP contribution is -2.41. The largest absolute Gasteiger partial charge is 0.490 e. The van der Waals surface area contributed by atoms with Crippen LogP contribution in [-0.4, -0.2) is 37.1 Å². The summed E-state index contributed by atoms with van der Waals surface area (Å²) in [5, 5.41) is 0.361. The molecule has 1 atom stereocenters. The zero-order valence-corrected chi connectivity index (χ0v) is 18.3. The molecule has 1 saturated heterocycles. The molecule has 3 aromatic rings. The second kappa shape index (κ2) is 9.77. The molecular weight excluding hydrogens is 410 g/mol. The molecule has 1 aliphatic rings. The Labute approximate surface area is 186 Å². The van der Waals surface area contributed by atoms with Gasteiger partial charge in [0.1, 0.15) is 17.6 Å². The molecule has 2 heterocycles. The number of ether oxygens (including phenoxy) is 3. The van der Waals surface area contributed by atoms with Gasteiger partial charge in [-0.2, -0.15) is 0 Å². The first-order valence-electron chi connectivity index (χ1n) is 10.9. The van der Waals surface area contributed by atoms with Gasteiger partial charge in [0.05, 0.1) is 12.0 Å². The Morgan fingerprint density at radius 2 is 1.94 bits per heavy atom. The molecule has 0 N–H and O–H groups in total. The molecule has 4 rings (SSSR count). The summed E-state index contributed by atoms with van der Waals surface area (Å²) in [7, 11) is 0. The lowest BCUT2D eigenvalue weighted by Gasteiger charge is -2.30. The fourth-order valence-electron chi connectivity index (χ4n) is 3.83. The number of benzene rings is 2. The standard InChI is InChI=1S/C25H27NO6/c1-3-29-20-8-4-5-9-21(20)32-23-15-31-22-13-18(10-11-19(22)25(23)28)30-16-24(27)26-12-6-7-17(2)14-26/h4-5,8-11,13,15,17H,3,6-7,12,14,16H2,1-2H3/t17-/m1/s1. The van der Waals surface area contributed by atoms with E-state index in [0.29, 0.717) is 40.7 Å². The van der Waals surface area contributed by atoms with E-state index in [9.17, 15) is 9.59 Å². The average Bonchev–Trinajstić information content (AvgIpc) is 2.80. The van der Waals surface area contributed by atoms with E-state index in [1.54, 1.807) is 36.4 Å². The van der Waals surface area contributed by atoms with Crippen LogP contribution in [0.2, 0.25) is 0 Å². The van der Waals surface area contributed by atoms with Gasteiger partial charge in [0.25, 0.3) is 5.91 Å². The molecule has 0 spiro atoms. The third-order valence-corrected chi connectivity index (χ3v) is 5.46. The average molecular weight is 437 g/mol. The van der Waals surface area contributed by atoms with Gasteiger partial charge >= 0.3 is 0 Å². The molecule has 1 amide bonds. The molecule has 0 saturated carbocycles. The molecule has 0 bridgehead atoms. The molecule has 7 heteroatoms. The van der Waals surface area contributed by atoms with Crippen molar-refractivity contribution in [3.63, 3.8) is 0 Å². The number of para-hydroxylation sites is 2. The first kappa shape index (κ1) is 21.7. The number of piperidine rings is 1. The maximum absolute atomic E-state index is 12.9. The number of fused-ring (bicyclic) bond motifs is 1. The summed E-state index contributed by atoms with van der Waals surface area (Å²) in [6.07, 6.45) is 3.45. The number of nitrogens with zero attached hydrogens (tertiary/aromatic N) is 1. The predicted molar refractivity (Wildman–Crippen MR) is 121 cm³/mol. The number of rotatable bonds is 7. The van der Waals surface area contributed by atoms with Gasteiger partial charge in [0, 0.05) is 19.2 Å². The second-order valence-electron chi connectivity index (χ2n) is 7.94. The number of likely N-dealkylation sites (tertiary alicyclic amines) is 1. The van der Waals surface area contributed by atoms with Crippen molar-refractivity contribution in [2.45, 2.75) is 26.7 Å². The molecule has 1 fully saturated rings. The fraction of sp³-hybridized carbons (Fsp3) is 0.360. The van der Waals surface area contributed by atoms with E-state index in [-0.39, 0.29) is 23.7 Å². The summed E-state index contributed by atoms with van der Waals surface area (Å²) in [5.74, 6) is 1.99. The van der Waals surface area contributed by atoms with Crippen LogP contribution in [0, 0.1) is 5.92 Å². The molecule has 168 valence electrons. The lowest BCUT2D eigenvalue weighted by molar-refractivity contribution is -0.135. The Morgan fingerprint density at radius 3 is 2.72 bits per heavy atom. The number of amides is 1. The normalized spacial score (nSPS) is 16.1. The highest BCUT2D eigenvalue weighted by Crippen LogP contribution is 2.31. The highest BCUT2D eigenvalue weighted by Gasteiger charge is 2.21. The third-order valence-electron chi connectivity index (χ3n) is 5.46. The second-order valence-corrected chi connectivity index (χ2v) is 7.94. The van der Waals surface area contributed by atoms with Crippen molar-refractivity contribution in [3.05, 3.63) is 59.0 Å². The van der Waals surface area contributed by atoms with Gasteiger partial charge in [-0.3, -0.25) is 9.59 Å². The fourth-order valence-corrected chi connectivity index (χ4v) is 3.83. The van der Waals surface area contributed by atoms with Crippen LogP contribution in [-0.2, 0) is 4.79 Å². The van der Waals surface area contributed by atoms with Gasteiger partial charge < -0.3 is 23.5 Å². The first-order chi connectivity index (χ1) is 15.5. The zero-order valence-electron chi connectivity index (χ0n) is 18.3. The van der Waals surface area contributed by atoms with Crippen molar-refractivity contribution >= 4 is 16.9 Å². The van der Waals surface area contributed by atoms with E-state index < -0.39 is 0 Å². The van der Waals surface area contributed by atoms with Crippen LogP contribution in [0.5, 0.6) is 23.0 Å². The van der Waals surface area contributed by atoms with E-state index in [4.69, 9.17) is 18.6 Å².